The number of rotatable bonds is 8. The molecule has 36 heavy (non-hydrogen) atoms. The molecule has 1 atom stereocenters. The molecule has 0 radical (unpaired) electrons. The summed E-state index contributed by atoms with van der Waals surface area (Å²) >= 11 is 0. The number of anilines is 3. The maximum Gasteiger partial charge on any atom is 0.240 e. The average Bonchev–Trinajstić information content (AvgIpc) is 3.58. The molecule has 1 saturated heterocycles. The second-order valence-electron chi connectivity index (χ2n) is 8.18. The monoisotopic (exact) mass is 490 g/mol. The number of benzene rings is 1. The Bertz CT molecular complexity index is 1400. The molecule has 4 heterocycles. The van der Waals surface area contributed by atoms with Gasteiger partial charge >= 0.3 is 0 Å². The van der Waals surface area contributed by atoms with E-state index in [0.29, 0.717) is 53.4 Å². The Kier molecular flexibility index (Phi) is 6.15. The van der Waals surface area contributed by atoms with Crippen molar-refractivity contribution < 1.29 is 19.0 Å². The van der Waals surface area contributed by atoms with Gasteiger partial charge in [0.25, 0.3) is 0 Å². The van der Waals surface area contributed by atoms with Crippen LogP contribution in [0.15, 0.2) is 43.0 Å². The third kappa shape index (κ3) is 4.17. The Morgan fingerprint density at radius 3 is 2.58 bits per heavy atom. The lowest BCUT2D eigenvalue weighted by Crippen LogP contribution is -2.41. The number of aromatic nitrogens is 5. The summed E-state index contributed by atoms with van der Waals surface area (Å²) in [4.78, 5) is 32.0. The molecular weight excluding hydrogens is 464 g/mol. The van der Waals surface area contributed by atoms with Crippen molar-refractivity contribution in [3.05, 3.63) is 43.0 Å². The molecule has 0 spiro atoms. The summed E-state index contributed by atoms with van der Waals surface area (Å²) in [5.41, 5.74) is 6.88. The van der Waals surface area contributed by atoms with E-state index in [1.807, 2.05) is 39.9 Å². The molecule has 1 unspecified atom stereocenters. The quantitative estimate of drug-likeness (QED) is 0.378. The Balaban J connectivity index is 1.50. The molecule has 12 nitrogen and oxygen atoms in total. The molecule has 1 aromatic carbocycles. The molecule has 4 aromatic rings. The third-order valence-corrected chi connectivity index (χ3v) is 6.07. The van der Waals surface area contributed by atoms with Gasteiger partial charge < -0.3 is 34.7 Å². The van der Waals surface area contributed by atoms with Gasteiger partial charge in [0, 0.05) is 24.9 Å². The van der Waals surface area contributed by atoms with Crippen molar-refractivity contribution >= 4 is 34.5 Å². The van der Waals surface area contributed by atoms with Gasteiger partial charge in [0.05, 0.1) is 38.6 Å². The number of amides is 1. The molecule has 186 valence electrons. The number of carbonyl (C=O) groups excluding carboxylic acids is 1. The summed E-state index contributed by atoms with van der Waals surface area (Å²) in [6.07, 6.45) is 6.64. The number of fused-ring (bicyclic) bond motifs is 1. The molecule has 1 aliphatic rings. The summed E-state index contributed by atoms with van der Waals surface area (Å²) in [5, 5.41) is 3.99. The minimum atomic E-state index is -0.446. The molecule has 0 aliphatic carbocycles. The van der Waals surface area contributed by atoms with Crippen LogP contribution >= 0.6 is 0 Å². The first-order chi connectivity index (χ1) is 17.5. The van der Waals surface area contributed by atoms with E-state index in [4.69, 9.17) is 24.9 Å². The molecule has 1 aliphatic heterocycles. The van der Waals surface area contributed by atoms with E-state index in [2.05, 4.69) is 20.3 Å². The highest BCUT2D eigenvalue weighted by Crippen LogP contribution is 2.39. The first-order valence-corrected chi connectivity index (χ1v) is 11.3. The zero-order valence-corrected chi connectivity index (χ0v) is 20.1. The van der Waals surface area contributed by atoms with Gasteiger partial charge in [0.2, 0.25) is 17.6 Å². The van der Waals surface area contributed by atoms with Gasteiger partial charge in [0.15, 0.2) is 17.1 Å². The largest absolute Gasteiger partial charge is 0.493 e. The van der Waals surface area contributed by atoms with Crippen LogP contribution in [0.2, 0.25) is 0 Å². The fraction of sp³-hybridized carbons (Fsp3) is 0.292. The Hall–Kier alpha value is -4.61. The van der Waals surface area contributed by atoms with Gasteiger partial charge in [-0.15, -0.1) is 0 Å². The SMILES string of the molecule is COc1cc(-n2cnc(Nc3nc(N4CCCC4C(N)=O)nc4ncccc34)c2)cc(OC)c1OC. The van der Waals surface area contributed by atoms with Crippen LogP contribution in [-0.2, 0) is 4.79 Å². The Morgan fingerprint density at radius 1 is 1.11 bits per heavy atom. The standard InChI is InChI=1S/C24H26N8O4/c1-34-17-10-14(11-18(35-2)20(17)36-3)31-12-19(27-13-31)28-23-15-6-4-8-26-22(15)29-24(30-23)32-9-5-7-16(32)21(25)33/h4,6,8,10-13,16H,5,7,9H2,1-3H3,(H2,25,33)(H,26,28,29,30). The summed E-state index contributed by atoms with van der Waals surface area (Å²) in [6, 6.07) is 6.89. The van der Waals surface area contributed by atoms with Crippen LogP contribution in [0.25, 0.3) is 16.7 Å². The topological polar surface area (TPSA) is 143 Å². The number of hydrogen-bond acceptors (Lipinski definition) is 10. The Morgan fingerprint density at radius 2 is 1.89 bits per heavy atom. The van der Waals surface area contributed by atoms with Crippen molar-refractivity contribution in [3.8, 4) is 22.9 Å². The molecule has 0 bridgehead atoms. The number of primary amides is 1. The zero-order chi connectivity index (χ0) is 25.2. The average molecular weight is 491 g/mol. The van der Waals surface area contributed by atoms with Gasteiger partial charge in [-0.1, -0.05) is 0 Å². The van der Waals surface area contributed by atoms with E-state index in [0.717, 1.165) is 17.5 Å². The van der Waals surface area contributed by atoms with Crippen molar-refractivity contribution in [3.63, 3.8) is 0 Å². The molecule has 0 saturated carbocycles. The van der Waals surface area contributed by atoms with Crippen LogP contribution in [0, 0.1) is 0 Å². The van der Waals surface area contributed by atoms with Crippen LogP contribution in [0.4, 0.5) is 17.6 Å². The highest BCUT2D eigenvalue weighted by molar-refractivity contribution is 5.90. The summed E-state index contributed by atoms with van der Waals surface area (Å²) < 4.78 is 18.2. The number of nitrogens with zero attached hydrogens (tertiary/aromatic N) is 6. The van der Waals surface area contributed by atoms with Gasteiger partial charge in [-0.3, -0.25) is 4.79 Å². The highest BCUT2D eigenvalue weighted by Gasteiger charge is 2.31. The molecular formula is C24H26N8O4. The van der Waals surface area contributed by atoms with Crippen LogP contribution in [0.5, 0.6) is 17.2 Å². The predicted octanol–water partition coefficient (Wildman–Crippen LogP) is 2.43. The Labute approximate surface area is 207 Å². The van der Waals surface area contributed by atoms with Gasteiger partial charge in [0.1, 0.15) is 24.0 Å². The normalized spacial score (nSPS) is 15.2. The maximum atomic E-state index is 11.9. The van der Waals surface area contributed by atoms with Crippen molar-refractivity contribution in [2.45, 2.75) is 18.9 Å². The lowest BCUT2D eigenvalue weighted by molar-refractivity contribution is -0.119. The van der Waals surface area contributed by atoms with E-state index in [-0.39, 0.29) is 0 Å². The van der Waals surface area contributed by atoms with E-state index in [1.165, 1.54) is 0 Å². The zero-order valence-electron chi connectivity index (χ0n) is 20.1. The minimum Gasteiger partial charge on any atom is -0.493 e. The first-order valence-electron chi connectivity index (χ1n) is 11.3. The van der Waals surface area contributed by atoms with Crippen LogP contribution < -0.4 is 30.2 Å². The summed E-state index contributed by atoms with van der Waals surface area (Å²) in [6.45, 7) is 0.640. The number of nitrogens with one attached hydrogen (secondary N) is 1. The van der Waals surface area contributed by atoms with Gasteiger partial charge in [-0.25, -0.2) is 9.97 Å². The first kappa shape index (κ1) is 23.1. The lowest BCUT2D eigenvalue weighted by Gasteiger charge is -2.22. The highest BCUT2D eigenvalue weighted by atomic mass is 16.5. The second kappa shape index (κ2) is 9.56. The molecule has 12 heteroatoms. The fourth-order valence-electron chi connectivity index (χ4n) is 4.34. The predicted molar refractivity (Wildman–Crippen MR) is 133 cm³/mol. The fourth-order valence-corrected chi connectivity index (χ4v) is 4.34. The molecule has 1 amide bonds. The summed E-state index contributed by atoms with van der Waals surface area (Å²) in [5.74, 6) is 2.64. The van der Waals surface area contributed by atoms with E-state index < -0.39 is 11.9 Å². The van der Waals surface area contributed by atoms with Crippen LogP contribution in [-0.4, -0.2) is 64.3 Å². The van der Waals surface area contributed by atoms with E-state index in [9.17, 15) is 4.79 Å². The number of nitrogens with two attached hydrogens (primary N) is 1. The molecule has 3 N–H and O–H groups in total. The second-order valence-corrected chi connectivity index (χ2v) is 8.18. The molecule has 1 fully saturated rings. The minimum absolute atomic E-state index is 0.393. The number of ether oxygens (including phenoxy) is 3. The smallest absolute Gasteiger partial charge is 0.240 e. The number of carbonyl (C=O) groups is 1. The number of imidazole rings is 1. The van der Waals surface area contributed by atoms with Crippen molar-refractivity contribution in [2.75, 3.05) is 38.1 Å². The summed E-state index contributed by atoms with van der Waals surface area (Å²) in [7, 11) is 4.69. The third-order valence-electron chi connectivity index (χ3n) is 6.07. The van der Waals surface area contributed by atoms with Crippen molar-refractivity contribution in [1.29, 1.82) is 0 Å². The van der Waals surface area contributed by atoms with Crippen LogP contribution in [0.1, 0.15) is 12.8 Å². The number of pyridine rings is 1. The molecule has 5 rings (SSSR count). The molecule has 3 aromatic heterocycles. The van der Waals surface area contributed by atoms with Crippen molar-refractivity contribution in [1.82, 2.24) is 24.5 Å². The lowest BCUT2D eigenvalue weighted by atomic mass is 10.2. The van der Waals surface area contributed by atoms with Crippen molar-refractivity contribution in [2.24, 2.45) is 5.73 Å². The van der Waals surface area contributed by atoms with E-state index >= 15 is 0 Å². The van der Waals surface area contributed by atoms with Gasteiger partial charge in [-0.05, 0) is 25.0 Å². The number of methoxy groups -OCH3 is 3. The maximum absolute atomic E-state index is 11.9. The van der Waals surface area contributed by atoms with Gasteiger partial charge in [-0.2, -0.15) is 9.97 Å². The number of hydrogen-bond donors (Lipinski definition) is 2. The van der Waals surface area contributed by atoms with E-state index in [1.54, 1.807) is 33.9 Å². The van der Waals surface area contributed by atoms with Crippen LogP contribution in [0.3, 0.4) is 0 Å².